The molecule has 0 aliphatic carbocycles. The Kier molecular flexibility index (Phi) is 37.5. The van der Waals surface area contributed by atoms with E-state index in [4.69, 9.17) is 0 Å². The molecule has 28 heavy (non-hydrogen) atoms. The molecular formula is C18H29MoN3S6. The van der Waals surface area contributed by atoms with Gasteiger partial charge < -0.3 is 91.7 Å². The number of hydrogen-bond donors (Lipinski definition) is 3. The van der Waals surface area contributed by atoms with Crippen LogP contribution in [0.3, 0.4) is 0 Å². The van der Waals surface area contributed by atoms with Gasteiger partial charge in [0, 0.05) is 0 Å². The number of aryl methyl sites for hydroxylation is 1. The van der Waals surface area contributed by atoms with Crippen LogP contribution in [0.5, 0.6) is 0 Å². The van der Waals surface area contributed by atoms with Crippen molar-refractivity contribution in [2.75, 3.05) is 0 Å². The van der Waals surface area contributed by atoms with Gasteiger partial charge in [-0.3, -0.25) is 0 Å². The average molecular weight is 576 g/mol. The smallest absolute Gasteiger partial charge is 0.415 e. The summed E-state index contributed by atoms with van der Waals surface area (Å²) in [5, 5.41) is 0. The Morgan fingerprint density at radius 3 is 1.57 bits per heavy atom. The first-order valence-corrected chi connectivity index (χ1v) is 10.9. The summed E-state index contributed by atoms with van der Waals surface area (Å²) in [6.07, 6.45) is 10.9. The van der Waals surface area contributed by atoms with Gasteiger partial charge in [0.15, 0.2) is 0 Å². The van der Waals surface area contributed by atoms with Crippen molar-refractivity contribution in [3.8, 4) is 0 Å². The van der Waals surface area contributed by atoms with E-state index in [-0.39, 0.29) is 34.0 Å². The van der Waals surface area contributed by atoms with Crippen molar-refractivity contribution in [1.29, 1.82) is 0 Å². The molecule has 0 aromatic heterocycles. The van der Waals surface area contributed by atoms with Crippen LogP contribution in [-0.2, 0) is 65.4 Å². The van der Waals surface area contributed by atoms with Gasteiger partial charge in [0.05, 0.1) is 0 Å². The van der Waals surface area contributed by atoms with E-state index in [1.54, 1.807) is 0 Å². The Morgan fingerprint density at radius 2 is 1.21 bits per heavy atom. The molecule has 0 saturated heterocycles. The van der Waals surface area contributed by atoms with E-state index in [1.165, 1.54) is 56.9 Å². The van der Waals surface area contributed by atoms with Gasteiger partial charge >= 0.3 is 21.1 Å². The standard InChI is InChI=1S/C15H23.3CH3NS2.Mo/c1-2-3-4-5-6-7-9-12-15-13-10-8-11-14-15;3*2-1(3)4;/h8,10-11,13H,2-7,9,12H2,1H3;3*(H3,2,3,4);/q-1;;;;+4/p-3. The quantitative estimate of drug-likeness (QED) is 0.140. The third-order valence-corrected chi connectivity index (χ3v) is 2.82. The minimum absolute atomic E-state index is 0. The summed E-state index contributed by atoms with van der Waals surface area (Å²) in [5.41, 5.74) is 15.3. The second kappa shape index (κ2) is 29.4. The summed E-state index contributed by atoms with van der Waals surface area (Å²) in [5.74, 6) is 0. The van der Waals surface area contributed by atoms with E-state index < -0.39 is 0 Å². The summed E-state index contributed by atoms with van der Waals surface area (Å²) >= 11 is 24.8. The van der Waals surface area contributed by atoms with Crippen LogP contribution in [0.1, 0.15) is 57.4 Å². The number of thiocarbonyl (C=S) groups is 3. The van der Waals surface area contributed by atoms with Crippen molar-refractivity contribution in [2.24, 2.45) is 17.2 Å². The Labute approximate surface area is 218 Å². The van der Waals surface area contributed by atoms with Crippen molar-refractivity contribution in [1.82, 2.24) is 0 Å². The topological polar surface area (TPSA) is 78.1 Å². The molecule has 6 N–H and O–H groups in total. The molecule has 3 nitrogen and oxygen atoms in total. The zero-order chi connectivity index (χ0) is 21.5. The van der Waals surface area contributed by atoms with Crippen LogP contribution in [0.25, 0.3) is 0 Å². The maximum Gasteiger partial charge on any atom is 4.00 e. The average Bonchev–Trinajstić information content (AvgIpc) is 2.53. The molecule has 0 aliphatic rings. The molecular weight excluding hydrogens is 547 g/mol. The summed E-state index contributed by atoms with van der Waals surface area (Å²) in [6.45, 7) is 2.27. The van der Waals surface area contributed by atoms with Crippen LogP contribution in [0, 0.1) is 6.07 Å². The number of benzene rings is 1. The van der Waals surface area contributed by atoms with Gasteiger partial charge in [0.2, 0.25) is 0 Å². The van der Waals surface area contributed by atoms with E-state index in [0.29, 0.717) is 0 Å². The van der Waals surface area contributed by atoms with Gasteiger partial charge in [0.1, 0.15) is 0 Å². The second-order valence-electron chi connectivity index (χ2n) is 5.22. The van der Waals surface area contributed by atoms with Crippen molar-refractivity contribution < 1.29 is 21.1 Å². The van der Waals surface area contributed by atoms with Gasteiger partial charge in [-0.1, -0.05) is 71.3 Å². The third-order valence-electron chi connectivity index (χ3n) is 2.82. The van der Waals surface area contributed by atoms with E-state index in [2.05, 4.69) is 117 Å². The first kappa shape index (κ1) is 35.7. The molecule has 0 fully saturated rings. The summed E-state index contributed by atoms with van der Waals surface area (Å²) in [4.78, 5) is 0. The van der Waals surface area contributed by atoms with Gasteiger partial charge in [-0.25, -0.2) is 0 Å². The summed E-state index contributed by atoms with van der Waals surface area (Å²) in [6, 6.07) is 11.6. The van der Waals surface area contributed by atoms with E-state index >= 15 is 0 Å². The molecule has 1 aromatic carbocycles. The van der Waals surface area contributed by atoms with E-state index in [0.717, 1.165) is 0 Å². The van der Waals surface area contributed by atoms with Crippen molar-refractivity contribution >= 4 is 87.5 Å². The van der Waals surface area contributed by atoms with Crippen molar-refractivity contribution in [3.05, 3.63) is 35.9 Å². The van der Waals surface area contributed by atoms with Crippen molar-refractivity contribution in [2.45, 2.75) is 58.3 Å². The molecule has 10 heteroatoms. The summed E-state index contributed by atoms with van der Waals surface area (Å²) < 4.78 is 0.250. The molecule has 0 heterocycles. The van der Waals surface area contributed by atoms with Crippen molar-refractivity contribution in [3.63, 3.8) is 0 Å². The molecule has 0 unspecified atom stereocenters. The molecule has 0 radical (unpaired) electrons. The number of nitrogens with two attached hydrogens (primary N) is 3. The Balaban J connectivity index is -0.000000183. The number of hydrogen-bond acceptors (Lipinski definition) is 6. The molecule has 0 bridgehead atoms. The van der Waals surface area contributed by atoms with Gasteiger partial charge in [-0.05, 0) is 0 Å². The van der Waals surface area contributed by atoms with Gasteiger partial charge in [-0.15, -0.1) is 0 Å². The van der Waals surface area contributed by atoms with Gasteiger partial charge in [-0.2, -0.15) is 35.9 Å². The molecule has 0 aliphatic heterocycles. The minimum Gasteiger partial charge on any atom is -0.415 e. The zero-order valence-electron chi connectivity index (χ0n) is 16.1. The van der Waals surface area contributed by atoms with E-state index in [9.17, 15) is 0 Å². The number of unbranched alkanes of at least 4 members (excludes halogenated alkanes) is 6. The molecule has 0 spiro atoms. The molecule has 0 saturated carbocycles. The fourth-order valence-corrected chi connectivity index (χ4v) is 1.86. The maximum absolute atomic E-state index is 4.66. The zero-order valence-corrected chi connectivity index (χ0v) is 23.0. The Bertz CT molecular complexity index is 449. The third kappa shape index (κ3) is 56.2. The Morgan fingerprint density at radius 1 is 0.821 bits per heavy atom. The first-order chi connectivity index (χ1) is 12.6. The van der Waals surface area contributed by atoms with Gasteiger partial charge in [0.25, 0.3) is 0 Å². The Hall–Kier alpha value is 0.238. The fourth-order valence-electron chi connectivity index (χ4n) is 1.86. The van der Waals surface area contributed by atoms with Crippen LogP contribution < -0.4 is 17.2 Å². The minimum atomic E-state index is 0. The maximum atomic E-state index is 4.66. The monoisotopic (exact) mass is 577 g/mol. The van der Waals surface area contributed by atoms with Crippen LogP contribution in [0.2, 0.25) is 0 Å². The van der Waals surface area contributed by atoms with E-state index in [1.807, 2.05) is 12.1 Å². The predicted octanol–water partition coefficient (Wildman–Crippen LogP) is 4.11. The fraction of sp³-hybridized carbons (Fsp3) is 0.500. The SMILES string of the molecule is CCCCCCCCCc1[c-]cccc1.NC(=S)[S-].NC(=S)[S-].NC(=S)[S-].[Mo+4]. The molecule has 0 atom stereocenters. The second-order valence-corrected chi connectivity index (χ2v) is 8.63. The van der Waals surface area contributed by atoms with Crippen LogP contribution >= 0.6 is 36.7 Å². The molecule has 0 amide bonds. The first-order valence-electron chi connectivity index (χ1n) is 8.48. The number of rotatable bonds is 8. The van der Waals surface area contributed by atoms with Crippen LogP contribution in [0.15, 0.2) is 24.3 Å². The van der Waals surface area contributed by atoms with Crippen LogP contribution in [-0.4, -0.2) is 13.0 Å². The molecule has 1 aromatic rings. The van der Waals surface area contributed by atoms with Crippen LogP contribution in [0.4, 0.5) is 0 Å². The normalized spacial score (nSPS) is 8.18. The largest absolute Gasteiger partial charge is 4.00 e. The summed E-state index contributed by atoms with van der Waals surface area (Å²) in [7, 11) is 0. The predicted molar refractivity (Wildman–Crippen MR) is 139 cm³/mol. The molecule has 158 valence electrons. The molecule has 1 rings (SSSR count).